The van der Waals surface area contributed by atoms with Crippen LogP contribution in [-0.4, -0.2) is 42.1 Å². The van der Waals surface area contributed by atoms with Crippen LogP contribution in [0.15, 0.2) is 60.7 Å². The zero-order valence-electron chi connectivity index (χ0n) is 15.1. The summed E-state index contributed by atoms with van der Waals surface area (Å²) in [6, 6.07) is 20.5. The van der Waals surface area contributed by atoms with Gasteiger partial charge < -0.3 is 9.64 Å². The fourth-order valence-corrected chi connectivity index (χ4v) is 4.32. The van der Waals surface area contributed by atoms with Gasteiger partial charge in [0, 0.05) is 32.7 Å². The molecule has 4 nitrogen and oxygen atoms in total. The fourth-order valence-electron chi connectivity index (χ4n) is 4.32. The molecule has 136 valence electrons. The number of rotatable bonds is 4. The predicted octanol–water partition coefficient (Wildman–Crippen LogP) is 3.78. The second-order valence-electron chi connectivity index (χ2n) is 7.59. The van der Waals surface area contributed by atoms with Gasteiger partial charge in [0.15, 0.2) is 0 Å². The molecule has 0 N–H and O–H groups in total. The number of nitrogens with zero attached hydrogens (tertiary/aromatic N) is 2. The molecule has 0 saturated carbocycles. The van der Waals surface area contributed by atoms with Gasteiger partial charge in [-0.1, -0.05) is 60.7 Å². The number of benzene rings is 2. The van der Waals surface area contributed by atoms with E-state index in [4.69, 9.17) is 4.74 Å². The van der Waals surface area contributed by atoms with E-state index >= 15 is 0 Å². The molecule has 2 aromatic carbocycles. The molecule has 2 atom stereocenters. The molecule has 2 fully saturated rings. The van der Waals surface area contributed by atoms with Crippen LogP contribution in [0.2, 0.25) is 0 Å². The van der Waals surface area contributed by atoms with Crippen molar-refractivity contribution in [2.45, 2.75) is 19.6 Å². The maximum atomic E-state index is 12.5. The van der Waals surface area contributed by atoms with Crippen LogP contribution in [-0.2, 0) is 17.9 Å². The second kappa shape index (κ2) is 7.92. The first-order valence-corrected chi connectivity index (χ1v) is 9.48. The quantitative estimate of drug-likeness (QED) is 0.841. The van der Waals surface area contributed by atoms with Crippen LogP contribution in [0.1, 0.15) is 17.5 Å². The lowest BCUT2D eigenvalue weighted by Crippen LogP contribution is -2.53. The van der Waals surface area contributed by atoms with Crippen molar-refractivity contribution in [3.05, 3.63) is 71.8 Å². The molecule has 2 heterocycles. The van der Waals surface area contributed by atoms with Crippen LogP contribution in [0, 0.1) is 11.8 Å². The summed E-state index contributed by atoms with van der Waals surface area (Å²) in [6.07, 6.45) is 1.06. The Morgan fingerprint density at radius 3 is 2.04 bits per heavy atom. The Balaban J connectivity index is 1.29. The number of hydrogen-bond donors (Lipinski definition) is 0. The highest BCUT2D eigenvalue weighted by Gasteiger charge is 2.36. The normalized spacial score (nSPS) is 22.8. The van der Waals surface area contributed by atoms with Crippen LogP contribution in [0.5, 0.6) is 0 Å². The second-order valence-corrected chi connectivity index (χ2v) is 7.59. The third kappa shape index (κ3) is 4.25. The molecule has 26 heavy (non-hydrogen) atoms. The molecule has 2 saturated heterocycles. The summed E-state index contributed by atoms with van der Waals surface area (Å²) in [5.41, 5.74) is 2.40. The first kappa shape index (κ1) is 17.1. The lowest BCUT2D eigenvalue weighted by atomic mass is 9.84. The van der Waals surface area contributed by atoms with Gasteiger partial charge in [0.05, 0.1) is 0 Å². The number of hydrogen-bond acceptors (Lipinski definition) is 3. The summed E-state index contributed by atoms with van der Waals surface area (Å²) in [5.74, 6) is 1.10. The lowest BCUT2D eigenvalue weighted by molar-refractivity contribution is 0.0178. The van der Waals surface area contributed by atoms with Crippen molar-refractivity contribution in [2.24, 2.45) is 11.8 Å². The highest BCUT2D eigenvalue weighted by molar-refractivity contribution is 5.67. The summed E-state index contributed by atoms with van der Waals surface area (Å²) in [7, 11) is 0. The molecule has 0 radical (unpaired) electrons. The van der Waals surface area contributed by atoms with Crippen molar-refractivity contribution in [3.8, 4) is 0 Å². The van der Waals surface area contributed by atoms with E-state index in [0.717, 1.165) is 38.3 Å². The number of amides is 1. The van der Waals surface area contributed by atoms with Crippen molar-refractivity contribution in [1.82, 2.24) is 9.80 Å². The minimum Gasteiger partial charge on any atom is -0.445 e. The van der Waals surface area contributed by atoms with Crippen molar-refractivity contribution >= 4 is 6.09 Å². The first-order valence-electron chi connectivity index (χ1n) is 9.48. The van der Waals surface area contributed by atoms with Crippen LogP contribution in [0.25, 0.3) is 0 Å². The minimum absolute atomic E-state index is 0.167. The molecule has 4 heteroatoms. The Kier molecular flexibility index (Phi) is 5.21. The molecule has 0 aromatic heterocycles. The Labute approximate surface area is 155 Å². The number of likely N-dealkylation sites (tertiary alicyclic amines) is 2. The summed E-state index contributed by atoms with van der Waals surface area (Å²) >= 11 is 0. The minimum atomic E-state index is -0.167. The molecular weight excluding hydrogens is 324 g/mol. The smallest absolute Gasteiger partial charge is 0.410 e. The molecule has 0 spiro atoms. The molecule has 2 unspecified atom stereocenters. The number of carbonyl (C=O) groups excluding carboxylic acids is 1. The van der Waals surface area contributed by atoms with Gasteiger partial charge >= 0.3 is 6.09 Å². The van der Waals surface area contributed by atoms with Crippen LogP contribution < -0.4 is 0 Å². The molecular formula is C22H26N2O2. The average Bonchev–Trinajstić information content (AvgIpc) is 2.67. The Hall–Kier alpha value is -2.33. The Morgan fingerprint density at radius 1 is 0.846 bits per heavy atom. The van der Waals surface area contributed by atoms with Gasteiger partial charge in [0.2, 0.25) is 0 Å². The SMILES string of the molecule is O=C(OCc1ccccc1)N1CC2CC(CN(Cc3ccccc3)C2)C1. The van der Waals surface area contributed by atoms with Crippen LogP contribution in [0.3, 0.4) is 0 Å². The molecule has 4 rings (SSSR count). The molecule has 2 bridgehead atoms. The van der Waals surface area contributed by atoms with Gasteiger partial charge in [-0.3, -0.25) is 4.90 Å². The van der Waals surface area contributed by atoms with E-state index in [1.54, 1.807) is 0 Å². The van der Waals surface area contributed by atoms with Gasteiger partial charge in [0.25, 0.3) is 0 Å². The molecule has 0 aliphatic carbocycles. The topological polar surface area (TPSA) is 32.8 Å². The maximum Gasteiger partial charge on any atom is 0.410 e. The first-order chi connectivity index (χ1) is 12.8. The van der Waals surface area contributed by atoms with Gasteiger partial charge in [-0.15, -0.1) is 0 Å². The molecule has 1 amide bonds. The third-order valence-corrected chi connectivity index (χ3v) is 5.37. The molecule has 2 aromatic rings. The molecule has 2 aliphatic rings. The summed E-state index contributed by atoms with van der Waals surface area (Å²) < 4.78 is 5.53. The zero-order chi connectivity index (χ0) is 17.8. The monoisotopic (exact) mass is 350 g/mol. The Morgan fingerprint density at radius 2 is 1.42 bits per heavy atom. The van der Waals surface area contributed by atoms with Gasteiger partial charge in [0.1, 0.15) is 6.61 Å². The van der Waals surface area contributed by atoms with Crippen LogP contribution in [0.4, 0.5) is 4.79 Å². The average molecular weight is 350 g/mol. The van der Waals surface area contributed by atoms with E-state index in [0.29, 0.717) is 18.4 Å². The fraction of sp³-hybridized carbons (Fsp3) is 0.409. The number of ether oxygens (including phenoxy) is 1. The summed E-state index contributed by atoms with van der Waals surface area (Å²) in [5, 5.41) is 0. The van der Waals surface area contributed by atoms with E-state index in [1.807, 2.05) is 35.2 Å². The van der Waals surface area contributed by atoms with E-state index in [1.165, 1.54) is 12.0 Å². The van der Waals surface area contributed by atoms with E-state index in [2.05, 4.69) is 35.2 Å². The van der Waals surface area contributed by atoms with E-state index in [9.17, 15) is 4.79 Å². The number of fused-ring (bicyclic) bond motifs is 2. The number of carbonyl (C=O) groups is 1. The van der Waals surface area contributed by atoms with Crippen molar-refractivity contribution in [3.63, 3.8) is 0 Å². The van der Waals surface area contributed by atoms with Crippen LogP contribution >= 0.6 is 0 Å². The van der Waals surface area contributed by atoms with Crippen molar-refractivity contribution in [2.75, 3.05) is 26.2 Å². The van der Waals surface area contributed by atoms with Gasteiger partial charge in [-0.05, 0) is 29.4 Å². The summed E-state index contributed by atoms with van der Waals surface area (Å²) in [4.78, 5) is 16.9. The highest BCUT2D eigenvalue weighted by atomic mass is 16.6. The maximum absolute atomic E-state index is 12.5. The summed E-state index contributed by atoms with van der Waals surface area (Å²) in [6.45, 7) is 5.12. The molecule has 2 aliphatic heterocycles. The Bertz CT molecular complexity index is 705. The van der Waals surface area contributed by atoms with Gasteiger partial charge in [-0.2, -0.15) is 0 Å². The number of piperidine rings is 2. The largest absolute Gasteiger partial charge is 0.445 e. The van der Waals surface area contributed by atoms with E-state index < -0.39 is 0 Å². The van der Waals surface area contributed by atoms with Crippen molar-refractivity contribution < 1.29 is 9.53 Å². The predicted molar refractivity (Wildman–Crippen MR) is 102 cm³/mol. The highest BCUT2D eigenvalue weighted by Crippen LogP contribution is 2.29. The van der Waals surface area contributed by atoms with Gasteiger partial charge in [-0.25, -0.2) is 4.79 Å². The third-order valence-electron chi connectivity index (χ3n) is 5.37. The van der Waals surface area contributed by atoms with Crippen molar-refractivity contribution in [1.29, 1.82) is 0 Å². The standard InChI is InChI=1S/C22H26N2O2/c25-22(26-17-19-9-5-2-6-10-19)24-15-20-11-21(16-24)14-23(13-20)12-18-7-3-1-4-8-18/h1-10,20-21H,11-17H2. The zero-order valence-corrected chi connectivity index (χ0v) is 15.1. The lowest BCUT2D eigenvalue weighted by Gasteiger charge is -2.45. The van der Waals surface area contributed by atoms with E-state index in [-0.39, 0.29) is 6.09 Å².